The Morgan fingerprint density at radius 3 is 2.87 bits per heavy atom. The molecule has 31 heavy (non-hydrogen) atoms. The van der Waals surface area contributed by atoms with Gasteiger partial charge in [-0.15, -0.1) is 0 Å². The highest BCUT2D eigenvalue weighted by atomic mass is 16.5. The Morgan fingerprint density at radius 1 is 1.32 bits per heavy atom. The number of rotatable bonds is 6. The van der Waals surface area contributed by atoms with Gasteiger partial charge in [0.2, 0.25) is 6.41 Å². The number of carbonyl (C=O) groups excluding carboxylic acids is 3. The zero-order valence-corrected chi connectivity index (χ0v) is 17.4. The Bertz CT molecular complexity index is 1190. The summed E-state index contributed by atoms with van der Waals surface area (Å²) in [7, 11) is 1.55. The van der Waals surface area contributed by atoms with Crippen LogP contribution in [-0.2, 0) is 11.3 Å². The number of fused-ring (bicyclic) bond motifs is 2. The zero-order chi connectivity index (χ0) is 22.1. The van der Waals surface area contributed by atoms with E-state index in [1.165, 1.54) is 0 Å². The molecule has 0 spiro atoms. The van der Waals surface area contributed by atoms with Crippen LogP contribution in [0.5, 0.6) is 5.75 Å². The Labute approximate surface area is 178 Å². The molecule has 4 rings (SSSR count). The number of methoxy groups -OCH3 is 1. The Kier molecular flexibility index (Phi) is 5.33. The van der Waals surface area contributed by atoms with E-state index in [2.05, 4.69) is 15.6 Å². The molecule has 0 saturated carbocycles. The average Bonchev–Trinajstić information content (AvgIpc) is 3.29. The summed E-state index contributed by atoms with van der Waals surface area (Å²) >= 11 is 0. The molecule has 4 amide bonds. The van der Waals surface area contributed by atoms with Crippen LogP contribution in [0.25, 0.3) is 11.0 Å². The van der Waals surface area contributed by atoms with Gasteiger partial charge in [-0.05, 0) is 37.6 Å². The molecule has 9 nitrogen and oxygen atoms in total. The fraction of sp³-hybridized carbons (Fsp3) is 0.273. The van der Waals surface area contributed by atoms with Gasteiger partial charge in [0.25, 0.3) is 5.91 Å². The largest absolute Gasteiger partial charge is 0.497 e. The minimum absolute atomic E-state index is 0.160. The smallest absolute Gasteiger partial charge is 0.321 e. The Balaban J connectivity index is 1.65. The normalized spacial score (nSPS) is 13.8. The molecule has 2 aromatic heterocycles. The van der Waals surface area contributed by atoms with E-state index < -0.39 is 12.1 Å². The molecule has 3 heterocycles. The van der Waals surface area contributed by atoms with Gasteiger partial charge in [-0.25, -0.2) is 4.79 Å². The maximum absolute atomic E-state index is 13.0. The lowest BCUT2D eigenvalue weighted by Crippen LogP contribution is -2.42. The number of imide groups is 1. The first-order chi connectivity index (χ1) is 14.9. The molecular formula is C22H22N4O5. The van der Waals surface area contributed by atoms with Crippen LogP contribution < -0.4 is 15.4 Å². The maximum Gasteiger partial charge on any atom is 0.321 e. The number of nitrogens with zero attached hydrogens (tertiary/aromatic N) is 2. The number of pyridine rings is 1. The number of hydrogen-bond donors (Lipinski definition) is 2. The number of urea groups is 1. The van der Waals surface area contributed by atoms with Crippen molar-refractivity contribution in [2.24, 2.45) is 0 Å². The molecule has 3 aromatic rings. The monoisotopic (exact) mass is 422 g/mol. The highest BCUT2D eigenvalue weighted by Gasteiger charge is 2.32. The summed E-state index contributed by atoms with van der Waals surface area (Å²) < 4.78 is 11.2. The van der Waals surface area contributed by atoms with Gasteiger partial charge in [-0.3, -0.25) is 19.9 Å². The van der Waals surface area contributed by atoms with Crippen LogP contribution in [0.1, 0.15) is 39.1 Å². The van der Waals surface area contributed by atoms with Crippen molar-refractivity contribution < 1.29 is 23.5 Å². The highest BCUT2D eigenvalue weighted by molar-refractivity contribution is 5.98. The first-order valence-electron chi connectivity index (χ1n) is 9.74. The molecule has 0 aliphatic carbocycles. The van der Waals surface area contributed by atoms with E-state index in [1.807, 2.05) is 26.0 Å². The number of hydrogen-bond acceptors (Lipinski definition) is 6. The van der Waals surface area contributed by atoms with Crippen molar-refractivity contribution >= 4 is 29.3 Å². The maximum atomic E-state index is 13.0. The third-order valence-electron chi connectivity index (χ3n) is 5.29. The molecule has 2 N–H and O–H groups in total. The van der Waals surface area contributed by atoms with E-state index in [4.69, 9.17) is 9.15 Å². The zero-order valence-electron chi connectivity index (χ0n) is 17.4. The number of ether oxygens (including phenoxy) is 1. The molecule has 0 fully saturated rings. The highest BCUT2D eigenvalue weighted by Crippen LogP contribution is 2.31. The van der Waals surface area contributed by atoms with Gasteiger partial charge in [0.1, 0.15) is 23.1 Å². The van der Waals surface area contributed by atoms with Crippen molar-refractivity contribution in [1.82, 2.24) is 20.5 Å². The summed E-state index contributed by atoms with van der Waals surface area (Å²) in [5.74, 6) is 0.902. The fourth-order valence-electron chi connectivity index (χ4n) is 3.83. The summed E-state index contributed by atoms with van der Waals surface area (Å²) in [5, 5.41) is 5.60. The quantitative estimate of drug-likeness (QED) is 0.591. The molecular weight excluding hydrogens is 400 g/mol. The predicted octanol–water partition coefficient (Wildman–Crippen LogP) is 2.61. The third kappa shape index (κ3) is 3.94. The first-order valence-corrected chi connectivity index (χ1v) is 9.74. The average molecular weight is 422 g/mol. The van der Waals surface area contributed by atoms with Crippen LogP contribution in [-0.4, -0.2) is 41.9 Å². The van der Waals surface area contributed by atoms with E-state index in [9.17, 15) is 14.4 Å². The Morgan fingerprint density at radius 2 is 2.13 bits per heavy atom. The minimum Gasteiger partial charge on any atom is -0.497 e. The second-order valence-corrected chi connectivity index (χ2v) is 7.41. The van der Waals surface area contributed by atoms with Crippen molar-refractivity contribution in [3.05, 3.63) is 58.6 Å². The standard InChI is InChI=1S/C22H22N4O5/c1-12-6-19-16(13(2)24-12)8-20(31-19)18(25-22(29)23-11-27)10-26-9-14-4-5-15(30-3)7-17(14)21(26)28/h4-8,11,18H,9-10H2,1-3H3,(H2,23,25,27,29). The number of nitrogens with one attached hydrogen (secondary N) is 2. The minimum atomic E-state index is -0.683. The van der Waals surface area contributed by atoms with Crippen molar-refractivity contribution in [3.63, 3.8) is 0 Å². The number of aryl methyl sites for hydroxylation is 2. The van der Waals surface area contributed by atoms with Gasteiger partial charge < -0.3 is 19.4 Å². The first kappa shape index (κ1) is 20.4. The molecule has 160 valence electrons. The molecule has 1 unspecified atom stereocenters. The number of carbonyl (C=O) groups is 3. The number of benzene rings is 1. The second-order valence-electron chi connectivity index (χ2n) is 7.41. The summed E-state index contributed by atoms with van der Waals surface area (Å²) in [5.41, 5.74) is 3.70. The molecule has 1 aliphatic heterocycles. The van der Waals surface area contributed by atoms with Crippen molar-refractivity contribution in [1.29, 1.82) is 0 Å². The lowest BCUT2D eigenvalue weighted by Gasteiger charge is -2.23. The lowest BCUT2D eigenvalue weighted by molar-refractivity contribution is -0.108. The van der Waals surface area contributed by atoms with Crippen LogP contribution in [0.4, 0.5) is 4.79 Å². The summed E-state index contributed by atoms with van der Waals surface area (Å²) in [6.45, 7) is 4.30. The van der Waals surface area contributed by atoms with E-state index in [1.54, 1.807) is 30.2 Å². The van der Waals surface area contributed by atoms with Crippen LogP contribution in [0.15, 0.2) is 34.7 Å². The summed E-state index contributed by atoms with van der Waals surface area (Å²) in [4.78, 5) is 41.8. The van der Waals surface area contributed by atoms with Gasteiger partial charge in [0, 0.05) is 41.5 Å². The second kappa shape index (κ2) is 8.10. The van der Waals surface area contributed by atoms with Crippen molar-refractivity contribution in [2.75, 3.05) is 13.7 Å². The Hall–Kier alpha value is -3.88. The van der Waals surface area contributed by atoms with E-state index in [-0.39, 0.29) is 12.5 Å². The van der Waals surface area contributed by atoms with Crippen molar-refractivity contribution in [2.45, 2.75) is 26.4 Å². The molecule has 1 aromatic carbocycles. The van der Waals surface area contributed by atoms with E-state index >= 15 is 0 Å². The number of aromatic nitrogens is 1. The van der Waals surface area contributed by atoms with Crippen LogP contribution >= 0.6 is 0 Å². The summed E-state index contributed by atoms with van der Waals surface area (Å²) in [6.07, 6.45) is 0.297. The molecule has 0 saturated heterocycles. The van der Waals surface area contributed by atoms with E-state index in [0.717, 1.165) is 22.3 Å². The summed E-state index contributed by atoms with van der Waals surface area (Å²) in [6, 6.07) is 7.63. The van der Waals surface area contributed by atoms with Crippen LogP contribution in [0, 0.1) is 13.8 Å². The van der Waals surface area contributed by atoms with Gasteiger partial charge in [-0.2, -0.15) is 0 Å². The third-order valence-corrected chi connectivity index (χ3v) is 5.29. The number of amides is 4. The molecule has 1 atom stereocenters. The SMILES string of the molecule is COc1ccc2c(c1)C(=O)N(CC(NC(=O)NC=O)c1cc3c(C)nc(C)cc3o1)C2. The molecule has 9 heteroatoms. The topological polar surface area (TPSA) is 114 Å². The van der Waals surface area contributed by atoms with Crippen LogP contribution in [0.2, 0.25) is 0 Å². The molecule has 0 radical (unpaired) electrons. The predicted molar refractivity (Wildman–Crippen MR) is 112 cm³/mol. The van der Waals surface area contributed by atoms with Crippen molar-refractivity contribution in [3.8, 4) is 5.75 Å². The van der Waals surface area contributed by atoms with Gasteiger partial charge in [-0.1, -0.05) is 6.07 Å². The van der Waals surface area contributed by atoms with Gasteiger partial charge >= 0.3 is 6.03 Å². The number of furan rings is 1. The molecule has 1 aliphatic rings. The van der Waals surface area contributed by atoms with Gasteiger partial charge in [0.05, 0.1) is 7.11 Å². The fourth-order valence-corrected chi connectivity index (χ4v) is 3.83. The molecule has 0 bridgehead atoms. The van der Waals surface area contributed by atoms with Crippen LogP contribution in [0.3, 0.4) is 0 Å². The lowest BCUT2D eigenvalue weighted by atomic mass is 10.1. The van der Waals surface area contributed by atoms with E-state index in [0.29, 0.717) is 35.6 Å². The van der Waals surface area contributed by atoms with Gasteiger partial charge in [0.15, 0.2) is 0 Å².